The van der Waals surface area contributed by atoms with Crippen molar-refractivity contribution in [2.45, 2.75) is 0 Å². The van der Waals surface area contributed by atoms with Crippen LogP contribution in [0.5, 0.6) is 0 Å². The molecule has 3 rings (SSSR count). The van der Waals surface area contributed by atoms with Crippen LogP contribution in [0.4, 0.5) is 10.2 Å². The van der Waals surface area contributed by atoms with Crippen molar-refractivity contribution >= 4 is 1040 Å². The third-order valence-corrected chi connectivity index (χ3v) is 5870. The first-order valence-electron chi connectivity index (χ1n) is 16.2. The monoisotopic (exact) mass is 9930 g/mol. The van der Waals surface area contributed by atoms with Crippen LogP contribution < -0.4 is 19.0 Å². The Bertz CT molecular complexity index is 2720. The first-order valence-corrected chi connectivity index (χ1v) is 483. The molecule has 0 aliphatic heterocycles. The molecule has 0 atom stereocenters. The van der Waals surface area contributed by atoms with Gasteiger partial charge in [-0.1, -0.05) is 37.0 Å². The van der Waals surface area contributed by atoms with Gasteiger partial charge in [0.25, 0.3) is 0 Å². The topological polar surface area (TPSA) is 75.8 Å². The summed E-state index contributed by atoms with van der Waals surface area (Å²) >= 11 is 134. The van der Waals surface area contributed by atoms with E-state index in [0.29, 0.717) is 29.1 Å². The first kappa shape index (κ1) is 147. The van der Waals surface area contributed by atoms with E-state index in [1.807, 2.05) is 18.2 Å². The van der Waals surface area contributed by atoms with Crippen LogP contribution in [0.15, 0.2) is 49.9 Å². The molecule has 2 aromatic carbocycles. The number of anilines is 1. The second kappa shape index (κ2) is 86.6. The number of nitrogen functional groups attached to an aromatic ring is 1. The number of fused-ring (bicyclic) bond motifs is 1. The number of halogens is 78. The predicted octanol–water partition coefficient (Wildman–Crippen LogP) is 67.2. The summed E-state index contributed by atoms with van der Waals surface area (Å²) < 4.78 is 19.1. The van der Waals surface area contributed by atoms with E-state index in [9.17, 15) is 4.39 Å². The van der Waals surface area contributed by atoms with E-state index in [4.69, 9.17) is 15.5 Å². The van der Waals surface area contributed by atoms with Gasteiger partial charge in [0.05, 0.1) is 10.9 Å². The maximum atomic E-state index is 12.6. The molecule has 4 nitrogen and oxygen atoms in total. The molecule has 0 radical (unpaired) electrons. The van der Waals surface area contributed by atoms with E-state index in [1.54, 1.807) is 12.1 Å². The van der Waals surface area contributed by atoms with Crippen molar-refractivity contribution in [3.05, 3.63) is 56.7 Å². The van der Waals surface area contributed by atoms with Crippen LogP contribution in [-0.2, 0) is 0 Å². The van der Waals surface area contributed by atoms with Gasteiger partial charge in [-0.25, -0.2) is 4.39 Å². The van der Waals surface area contributed by atoms with Gasteiger partial charge in [0.1, 0.15) is 11.9 Å². The second-order valence-electron chi connectivity index (χ2n) is 9.83. The van der Waals surface area contributed by atoms with Crippen molar-refractivity contribution in [1.29, 1.82) is 5.26 Å². The van der Waals surface area contributed by atoms with Gasteiger partial charge in [-0.15, -0.1) is 0 Å². The van der Waals surface area contributed by atoms with E-state index in [1.165, 1.54) is 12.1 Å². The molecular weight excluding hydrogens is 9920 g/mol. The second-order valence-corrected chi connectivity index (χ2v) is 1780. The standard InChI is InChI=1S/C7H3BrFN.C7H5BrN2O.I75/c8-6-2-1-5(4-10)7(9)3-6;8-4-1-2-5-6(3-4)11-10-7(5)9;1-39-41(4)43(6)45(8)47(10)49(12)51(14)53(16)55(18)57(20)59(22)61(24)63(26)65(28)67(30)69(32)71(34)73(36)75(38)74(37)72(35)70(33)68(31)66(29)64(27)62(25)60(23)58(21)56(19)54(17)52(15)50(13)48(11)46(9)44(7)42(5)40(2)3/h1-3H;1-3H,(H2,9,10);/q;;-1. The number of hydrogen-bond donors (Lipinski definition) is 1. The van der Waals surface area contributed by atoms with Crippen LogP contribution >= 0.6 is 1020 Å². The fraction of sp³-hybridized carbons (Fsp3) is 0. The fourth-order valence-electron chi connectivity index (χ4n) is 2.58. The van der Waals surface area contributed by atoms with Crippen LogP contribution in [0.2, 0.25) is 0 Å². The number of hydrogen-bond acceptors (Lipinski definition) is 4. The molecule has 2 N–H and O–H groups in total. The summed E-state index contributed by atoms with van der Waals surface area (Å²) in [5.74, 6) is -0.0515. The van der Waals surface area contributed by atoms with Crippen LogP contribution in [0.3, 0.4) is 0 Å². The van der Waals surface area contributed by atoms with Gasteiger partial charge in [0, 0.05) is 8.95 Å². The summed E-state index contributed by atoms with van der Waals surface area (Å²) in [6.45, 7) is 0. The zero-order valence-electron chi connectivity index (χ0n) is 38.8. The van der Waals surface area contributed by atoms with Crippen molar-refractivity contribution in [1.82, 2.24) is 5.16 Å². The van der Waals surface area contributed by atoms with Crippen molar-refractivity contribution in [2.75, 3.05) is 5.73 Å². The van der Waals surface area contributed by atoms with Crippen molar-refractivity contribution in [3.8, 4) is 6.07 Å². The molecule has 0 saturated heterocycles. The van der Waals surface area contributed by atoms with Gasteiger partial charge < -0.3 is 10.3 Å². The van der Waals surface area contributed by atoms with Crippen LogP contribution in [-0.4, -0.2) is 5.16 Å². The Morgan fingerprint density at radius 3 is 0.760 bits per heavy atom. The minimum absolute atomic E-state index is 0.0724. The Labute approximate surface area is 1080 Å². The quantitative estimate of drug-likeness (QED) is 0.0589. The molecule has 0 bridgehead atoms. The maximum Gasteiger partial charge on any atom is 0.174 e. The van der Waals surface area contributed by atoms with Gasteiger partial charge in [-0.2, -0.15) is 5.26 Å². The number of rotatable bonds is 36. The van der Waals surface area contributed by atoms with E-state index < -0.39 is 290 Å². The first-order chi connectivity index (χ1) is 44.2. The summed E-state index contributed by atoms with van der Waals surface area (Å²) in [7, 11) is -20.8. The number of nitriles is 1. The predicted molar refractivity (Wildman–Crippen MR) is 1120 cm³/mol. The van der Waals surface area contributed by atoms with Crippen molar-refractivity contribution in [3.63, 3.8) is 0 Å². The zero-order valence-corrected chi connectivity index (χ0v) is 204. The Hall–Kier alpha value is 52.8. The summed E-state index contributed by atoms with van der Waals surface area (Å²) in [6, 6.07) is 11.6. The molecule has 0 saturated carbocycles. The number of nitrogens with two attached hydrogens (primary N) is 1. The van der Waals surface area contributed by atoms with Crippen molar-refractivity contribution < 1.29 is 22.2 Å². The smallest absolute Gasteiger partial charge is 0.174 e. The van der Waals surface area contributed by atoms with Crippen LogP contribution in [0, 0.1) is 17.1 Å². The maximum absolute atomic E-state index is 12.6. The summed E-state index contributed by atoms with van der Waals surface area (Å²) in [6.07, 6.45) is 0. The summed E-state index contributed by atoms with van der Waals surface area (Å²) in [5.41, 5.74) is 6.28. The van der Waals surface area contributed by atoms with Crippen LogP contribution in [0.25, 0.3) is 11.0 Å². The van der Waals surface area contributed by atoms with Crippen molar-refractivity contribution in [2.24, 2.45) is 0 Å². The molecule has 632 valence electrons. The zero-order chi connectivity index (χ0) is 74.9. The largest absolute Gasteiger partial charge is 0.380 e. The Balaban J connectivity index is 0.00000182. The Morgan fingerprint density at radius 2 is 0.552 bits per heavy atom. The van der Waals surface area contributed by atoms with E-state index in [2.05, 4.69) is 744 Å². The van der Waals surface area contributed by atoms with E-state index in [-0.39, 0.29) is 5.56 Å². The molecule has 0 aliphatic carbocycles. The number of benzene rings is 2. The summed E-state index contributed by atoms with van der Waals surface area (Å²) in [4.78, 5) is 0. The molecule has 1 aromatic heterocycles. The fourth-order valence-corrected chi connectivity index (χ4v) is 14500. The minimum atomic E-state index is -0.630. The molecule has 0 spiro atoms. The van der Waals surface area contributed by atoms with Gasteiger partial charge >= 0.3 is 1000 Å². The van der Waals surface area contributed by atoms with Crippen LogP contribution in [0.1, 0.15) is 5.56 Å². The SMILES string of the molecule is I[I-]I(I)I(I)I(I)I(I)I(I)I(I)I(I)I(I)I(I)I(I)I(I)I(I)I(I)I(I)I(I)I(I)I(I)I(I)I(I)I(I)I(I)I(I)I(I)I(I)I(I)I(I)I(I)I(I)I(I)I(I)I(I)I(I)I(I)I(I)I(I)I(I)I.N#Cc1ccc(Br)cc1F.Nc1noc2cc(Br)ccc12. The average Bonchev–Trinajstić information content (AvgIpc) is 0.930. The summed E-state index contributed by atoms with van der Waals surface area (Å²) in [5, 5.41) is 12.8. The molecule has 3 aromatic rings. The van der Waals surface area contributed by atoms with Gasteiger partial charge in [-0.05, 0) is 36.4 Å². The van der Waals surface area contributed by atoms with E-state index in [0.717, 1.165) is 9.86 Å². The minimum Gasteiger partial charge on any atom is -0.380 e. The molecule has 1 heterocycles. The molecule has 82 heteroatoms. The van der Waals surface area contributed by atoms with Gasteiger partial charge in [0.2, 0.25) is 0 Å². The number of aromatic nitrogens is 1. The molecule has 96 heavy (non-hydrogen) atoms. The Morgan fingerprint density at radius 1 is 0.344 bits per heavy atom. The molecule has 0 amide bonds. The van der Waals surface area contributed by atoms with E-state index >= 15 is 0 Å². The normalized spacial score (nSPS) is 17.0. The molecular formula is C14H8Br2FI75N3O-. The third-order valence-electron chi connectivity index (χ3n) is 5.41. The molecule has 0 unspecified atom stereocenters. The third kappa shape index (κ3) is 58.1. The molecule has 0 fully saturated rings. The number of nitrogens with zero attached hydrogens (tertiary/aromatic N) is 2. The van der Waals surface area contributed by atoms with Gasteiger partial charge in [-0.3, -0.25) is 0 Å². The Kier molecular flexibility index (Phi) is 132. The van der Waals surface area contributed by atoms with Gasteiger partial charge in [0.15, 0.2) is 11.4 Å². The average molecular weight is 9930 g/mol. The molecule has 0 aliphatic rings.